The van der Waals surface area contributed by atoms with Crippen LogP contribution in [-0.4, -0.2) is 68.2 Å². The summed E-state index contributed by atoms with van der Waals surface area (Å²) in [5.41, 5.74) is 4.77. The van der Waals surface area contributed by atoms with Crippen molar-refractivity contribution < 1.29 is 14.3 Å². The Hall–Kier alpha value is -2.05. The fourth-order valence-corrected chi connectivity index (χ4v) is 4.56. The van der Waals surface area contributed by atoms with Gasteiger partial charge in [0.25, 0.3) is 0 Å². The van der Waals surface area contributed by atoms with Gasteiger partial charge in [0.15, 0.2) is 0 Å². The number of carbonyl (C=O) groups excluding carboxylic acids is 1. The maximum atomic E-state index is 13.2. The van der Waals surface area contributed by atoms with Gasteiger partial charge in [0, 0.05) is 51.1 Å². The lowest BCUT2D eigenvalue weighted by Crippen LogP contribution is -2.35. The van der Waals surface area contributed by atoms with E-state index in [0.29, 0.717) is 0 Å². The lowest BCUT2D eigenvalue weighted by molar-refractivity contribution is -0.121. The molecule has 2 aromatic rings. The molecule has 5 nitrogen and oxygen atoms in total. The predicted molar refractivity (Wildman–Crippen MR) is 127 cm³/mol. The standard InChI is InChI=1S/C27H36N2O3/c1-21(25-7-3-23(4-8-25)19-28-11-15-31-16-12-28)27(30)22(2)26-9-5-24(6-10-26)20-29-13-17-32-18-14-29/h3-10,21-22H,11-20H2,1-2H3. The van der Waals surface area contributed by atoms with E-state index in [0.717, 1.165) is 76.8 Å². The van der Waals surface area contributed by atoms with E-state index in [-0.39, 0.29) is 17.6 Å². The fraction of sp³-hybridized carbons (Fsp3) is 0.519. The highest BCUT2D eigenvalue weighted by atomic mass is 16.5. The molecule has 172 valence electrons. The summed E-state index contributed by atoms with van der Waals surface area (Å²) in [6, 6.07) is 17.2. The molecule has 0 amide bonds. The minimum atomic E-state index is -0.115. The molecule has 2 aromatic carbocycles. The van der Waals surface area contributed by atoms with Crippen LogP contribution in [0.3, 0.4) is 0 Å². The molecular formula is C27H36N2O3. The zero-order valence-electron chi connectivity index (χ0n) is 19.5. The molecule has 0 spiro atoms. The van der Waals surface area contributed by atoms with Gasteiger partial charge in [-0.05, 0) is 22.3 Å². The predicted octanol–water partition coefficient (Wildman–Crippen LogP) is 3.83. The third kappa shape index (κ3) is 6.04. The van der Waals surface area contributed by atoms with Crippen molar-refractivity contribution in [2.45, 2.75) is 38.8 Å². The van der Waals surface area contributed by atoms with E-state index in [4.69, 9.17) is 9.47 Å². The van der Waals surface area contributed by atoms with Crippen LogP contribution in [0.15, 0.2) is 48.5 Å². The minimum Gasteiger partial charge on any atom is -0.379 e. The van der Waals surface area contributed by atoms with Crippen LogP contribution < -0.4 is 0 Å². The lowest BCUT2D eigenvalue weighted by Gasteiger charge is -2.27. The number of nitrogens with zero attached hydrogens (tertiary/aromatic N) is 2. The first-order chi connectivity index (χ1) is 15.6. The number of hydrogen-bond donors (Lipinski definition) is 0. The smallest absolute Gasteiger partial charge is 0.147 e. The zero-order valence-corrected chi connectivity index (χ0v) is 19.5. The van der Waals surface area contributed by atoms with Crippen LogP contribution in [0.5, 0.6) is 0 Å². The van der Waals surface area contributed by atoms with Gasteiger partial charge in [-0.25, -0.2) is 0 Å². The SMILES string of the molecule is CC(C(=O)C(C)c1ccc(CN2CCOCC2)cc1)c1ccc(CN2CCOCC2)cc1. The van der Waals surface area contributed by atoms with Gasteiger partial charge in [0.1, 0.15) is 5.78 Å². The highest BCUT2D eigenvalue weighted by molar-refractivity contribution is 5.91. The van der Waals surface area contributed by atoms with Crippen LogP contribution in [0.1, 0.15) is 47.9 Å². The number of morpholine rings is 2. The topological polar surface area (TPSA) is 42.0 Å². The van der Waals surface area contributed by atoms with Gasteiger partial charge in [0.05, 0.1) is 26.4 Å². The normalized spacial score (nSPS) is 20.1. The van der Waals surface area contributed by atoms with Crippen LogP contribution in [0.4, 0.5) is 0 Å². The van der Waals surface area contributed by atoms with Crippen molar-refractivity contribution in [3.63, 3.8) is 0 Å². The van der Waals surface area contributed by atoms with Crippen molar-refractivity contribution in [2.24, 2.45) is 0 Å². The molecule has 2 atom stereocenters. The third-order valence-corrected chi connectivity index (χ3v) is 6.83. The summed E-state index contributed by atoms with van der Waals surface area (Å²) in [4.78, 5) is 18.0. The van der Waals surface area contributed by atoms with Crippen molar-refractivity contribution in [3.8, 4) is 0 Å². The molecule has 2 saturated heterocycles. The van der Waals surface area contributed by atoms with Crippen LogP contribution in [0.2, 0.25) is 0 Å². The largest absolute Gasteiger partial charge is 0.379 e. The Labute approximate surface area is 192 Å². The second kappa shape index (κ2) is 11.2. The van der Waals surface area contributed by atoms with E-state index >= 15 is 0 Å². The monoisotopic (exact) mass is 436 g/mol. The number of benzene rings is 2. The molecule has 0 saturated carbocycles. The molecular weight excluding hydrogens is 400 g/mol. The molecule has 2 aliphatic rings. The molecule has 2 aliphatic heterocycles. The summed E-state index contributed by atoms with van der Waals surface area (Å²) in [5.74, 6) is 0.0396. The first-order valence-electron chi connectivity index (χ1n) is 11.9. The quantitative estimate of drug-likeness (QED) is 0.629. The Bertz CT molecular complexity index is 782. The van der Waals surface area contributed by atoms with Gasteiger partial charge in [0.2, 0.25) is 0 Å². The average molecular weight is 437 g/mol. The van der Waals surface area contributed by atoms with Gasteiger partial charge >= 0.3 is 0 Å². The first-order valence-corrected chi connectivity index (χ1v) is 11.9. The van der Waals surface area contributed by atoms with E-state index in [1.807, 2.05) is 13.8 Å². The highest BCUT2D eigenvalue weighted by Crippen LogP contribution is 2.27. The second-order valence-corrected chi connectivity index (χ2v) is 9.11. The van der Waals surface area contributed by atoms with E-state index < -0.39 is 0 Å². The molecule has 0 aromatic heterocycles. The number of ether oxygens (including phenoxy) is 2. The van der Waals surface area contributed by atoms with E-state index in [1.165, 1.54) is 11.1 Å². The van der Waals surface area contributed by atoms with Gasteiger partial charge in [-0.3, -0.25) is 14.6 Å². The van der Waals surface area contributed by atoms with E-state index in [9.17, 15) is 4.79 Å². The van der Waals surface area contributed by atoms with Crippen LogP contribution >= 0.6 is 0 Å². The number of ketones is 1. The molecule has 0 radical (unpaired) electrons. The average Bonchev–Trinajstić information content (AvgIpc) is 2.85. The summed E-state index contributed by atoms with van der Waals surface area (Å²) in [7, 11) is 0. The molecule has 4 rings (SSSR count). The van der Waals surface area contributed by atoms with E-state index in [2.05, 4.69) is 58.3 Å². The van der Waals surface area contributed by atoms with Crippen molar-refractivity contribution in [3.05, 3.63) is 70.8 Å². The summed E-state index contributed by atoms with van der Waals surface area (Å²) in [6.45, 7) is 13.2. The summed E-state index contributed by atoms with van der Waals surface area (Å²) >= 11 is 0. The van der Waals surface area contributed by atoms with Gasteiger partial charge in [-0.1, -0.05) is 62.4 Å². The second-order valence-electron chi connectivity index (χ2n) is 9.11. The zero-order chi connectivity index (χ0) is 22.3. The summed E-state index contributed by atoms with van der Waals surface area (Å²) < 4.78 is 10.9. The van der Waals surface area contributed by atoms with Gasteiger partial charge in [-0.2, -0.15) is 0 Å². The Kier molecular flexibility index (Phi) is 8.09. The minimum absolute atomic E-state index is 0.115. The maximum Gasteiger partial charge on any atom is 0.147 e. The van der Waals surface area contributed by atoms with Crippen LogP contribution in [-0.2, 0) is 27.4 Å². The first kappa shape index (κ1) is 23.1. The molecule has 2 unspecified atom stereocenters. The fourth-order valence-electron chi connectivity index (χ4n) is 4.56. The Balaban J connectivity index is 1.33. The van der Waals surface area contributed by atoms with Crippen molar-refractivity contribution in [2.75, 3.05) is 52.6 Å². The molecule has 2 heterocycles. The number of rotatable bonds is 8. The Morgan fingerprint density at radius 2 is 1.03 bits per heavy atom. The lowest BCUT2D eigenvalue weighted by atomic mass is 9.85. The number of carbonyl (C=O) groups is 1. The third-order valence-electron chi connectivity index (χ3n) is 6.83. The van der Waals surface area contributed by atoms with Gasteiger partial charge in [-0.15, -0.1) is 0 Å². The van der Waals surface area contributed by atoms with Crippen molar-refractivity contribution >= 4 is 5.78 Å². The van der Waals surface area contributed by atoms with Crippen LogP contribution in [0, 0.1) is 0 Å². The van der Waals surface area contributed by atoms with Crippen LogP contribution in [0.25, 0.3) is 0 Å². The number of Topliss-reactive ketones (excluding diaryl/α,β-unsaturated/α-hetero) is 1. The van der Waals surface area contributed by atoms with Crippen molar-refractivity contribution in [1.82, 2.24) is 9.80 Å². The van der Waals surface area contributed by atoms with Gasteiger partial charge < -0.3 is 9.47 Å². The molecule has 0 aliphatic carbocycles. The summed E-state index contributed by atoms with van der Waals surface area (Å²) in [5, 5.41) is 0. The highest BCUT2D eigenvalue weighted by Gasteiger charge is 2.23. The van der Waals surface area contributed by atoms with Crippen molar-refractivity contribution in [1.29, 1.82) is 0 Å². The molecule has 5 heteroatoms. The Morgan fingerprint density at radius 3 is 1.38 bits per heavy atom. The molecule has 2 fully saturated rings. The summed E-state index contributed by atoms with van der Waals surface area (Å²) in [6.07, 6.45) is 0. The molecule has 0 bridgehead atoms. The number of hydrogen-bond acceptors (Lipinski definition) is 5. The maximum absolute atomic E-state index is 13.2. The Morgan fingerprint density at radius 1 is 0.688 bits per heavy atom. The molecule has 32 heavy (non-hydrogen) atoms. The molecule has 0 N–H and O–H groups in total. The van der Waals surface area contributed by atoms with E-state index in [1.54, 1.807) is 0 Å².